The third-order valence-corrected chi connectivity index (χ3v) is 2.53. The summed E-state index contributed by atoms with van der Waals surface area (Å²) < 4.78 is 5.38. The van der Waals surface area contributed by atoms with Crippen molar-refractivity contribution in [2.75, 3.05) is 6.54 Å². The van der Waals surface area contributed by atoms with E-state index in [0.29, 0.717) is 12.2 Å². The zero-order valence-electron chi connectivity index (χ0n) is 6.16. The van der Waals surface area contributed by atoms with Crippen LogP contribution in [0.25, 0.3) is 0 Å². The summed E-state index contributed by atoms with van der Waals surface area (Å²) in [5, 5.41) is 1.71. The Morgan fingerprint density at radius 3 is 3.45 bits per heavy atom. The maximum Gasteiger partial charge on any atom is 0.111 e. The summed E-state index contributed by atoms with van der Waals surface area (Å²) in [6, 6.07) is 0. The minimum absolute atomic E-state index is 0.382. The van der Waals surface area contributed by atoms with Crippen LogP contribution in [0, 0.1) is 0 Å². The van der Waals surface area contributed by atoms with E-state index in [9.17, 15) is 0 Å². The number of ether oxygens (including phenoxy) is 1. The van der Waals surface area contributed by atoms with Crippen molar-refractivity contribution in [3.8, 4) is 0 Å². The average molecular weight is 150 g/mol. The molecular weight excluding hydrogens is 140 g/mol. The molecule has 0 spiro atoms. The Kier molecular flexibility index (Phi) is 0.885. The monoisotopic (exact) mass is 150 g/mol. The molecule has 0 amide bonds. The minimum Gasteiger partial charge on any atom is -0.364 e. The topological polar surface area (TPSA) is 41.8 Å². The molecule has 2 unspecified atom stereocenters. The van der Waals surface area contributed by atoms with E-state index in [1.165, 1.54) is 11.1 Å². The van der Waals surface area contributed by atoms with Crippen molar-refractivity contribution >= 4 is 0 Å². The van der Waals surface area contributed by atoms with Crippen LogP contribution in [0.1, 0.15) is 6.42 Å². The molecule has 1 aliphatic carbocycles. The van der Waals surface area contributed by atoms with Crippen LogP contribution in [0.3, 0.4) is 0 Å². The Balaban J connectivity index is 2.01. The summed E-state index contributed by atoms with van der Waals surface area (Å²) in [7, 11) is 0. The molecule has 0 aromatic carbocycles. The molecule has 3 nitrogen and oxygen atoms in total. The lowest BCUT2D eigenvalue weighted by molar-refractivity contribution is 0.357. The van der Waals surface area contributed by atoms with E-state index in [-0.39, 0.29) is 0 Å². The van der Waals surface area contributed by atoms with Gasteiger partial charge in [-0.1, -0.05) is 6.08 Å². The molecule has 2 atom stereocenters. The molecule has 2 heterocycles. The molecule has 2 N–H and O–H groups in total. The third kappa shape index (κ3) is 0.695. The number of hydrazine groups is 1. The maximum absolute atomic E-state index is 5.63. The van der Waals surface area contributed by atoms with E-state index >= 15 is 0 Å². The van der Waals surface area contributed by atoms with Crippen LogP contribution < -0.4 is 5.84 Å². The van der Waals surface area contributed by atoms with Crippen LogP contribution >= 0.6 is 0 Å². The minimum atomic E-state index is 0.382. The molecule has 3 rings (SSSR count). The fourth-order valence-electron chi connectivity index (χ4n) is 1.89. The highest BCUT2D eigenvalue weighted by atomic mass is 16.6. The maximum atomic E-state index is 5.63. The fraction of sp³-hybridized carbons (Fsp3) is 0.500. The lowest BCUT2D eigenvalue weighted by Gasteiger charge is -2.19. The number of hydrogen-bond acceptors (Lipinski definition) is 3. The van der Waals surface area contributed by atoms with Gasteiger partial charge < -0.3 is 9.75 Å². The van der Waals surface area contributed by atoms with Gasteiger partial charge in [0.1, 0.15) is 6.10 Å². The predicted molar refractivity (Wildman–Crippen MR) is 40.3 cm³/mol. The van der Waals surface area contributed by atoms with Gasteiger partial charge in [-0.15, -0.1) is 0 Å². The number of rotatable bonds is 0. The van der Waals surface area contributed by atoms with Crippen molar-refractivity contribution in [3.63, 3.8) is 0 Å². The first-order valence-corrected chi connectivity index (χ1v) is 3.92. The van der Waals surface area contributed by atoms with Crippen molar-refractivity contribution in [1.82, 2.24) is 5.01 Å². The molecule has 58 valence electrons. The number of fused-ring (bicyclic) bond motifs is 3. The van der Waals surface area contributed by atoms with Gasteiger partial charge in [-0.2, -0.15) is 0 Å². The average Bonchev–Trinajstić information content (AvgIpc) is 2.67. The lowest BCUT2D eigenvalue weighted by atomic mass is 10.1. The first kappa shape index (κ1) is 5.80. The van der Waals surface area contributed by atoms with Crippen molar-refractivity contribution in [1.29, 1.82) is 0 Å². The van der Waals surface area contributed by atoms with Crippen molar-refractivity contribution in [2.24, 2.45) is 5.84 Å². The lowest BCUT2D eigenvalue weighted by Crippen LogP contribution is -2.28. The summed E-state index contributed by atoms with van der Waals surface area (Å²) >= 11 is 0. The summed E-state index contributed by atoms with van der Waals surface area (Å²) in [5.41, 5.74) is 2.76. The van der Waals surface area contributed by atoms with Crippen LogP contribution in [0.4, 0.5) is 0 Å². The van der Waals surface area contributed by atoms with E-state index in [4.69, 9.17) is 10.6 Å². The standard InChI is InChI=1S/C8H10N2O/c9-10-2-1-5-3-7-8(11-7)6(5)4-10/h1,4,7-8H,2-3,9H2. The molecule has 0 aromatic rings. The van der Waals surface area contributed by atoms with E-state index < -0.39 is 0 Å². The molecule has 3 aliphatic rings. The van der Waals surface area contributed by atoms with Crippen molar-refractivity contribution in [2.45, 2.75) is 18.6 Å². The second-order valence-electron chi connectivity index (χ2n) is 3.31. The predicted octanol–water partition coefficient (Wildman–Crippen LogP) is 0.157. The number of nitrogens with zero attached hydrogens (tertiary/aromatic N) is 1. The van der Waals surface area contributed by atoms with Gasteiger partial charge >= 0.3 is 0 Å². The summed E-state index contributed by atoms with van der Waals surface area (Å²) in [6.07, 6.45) is 6.17. The Hall–Kier alpha value is -0.800. The fourth-order valence-corrected chi connectivity index (χ4v) is 1.89. The SMILES string of the molecule is NN1C=C2C(=CC1)CC1OC21. The quantitative estimate of drug-likeness (QED) is 0.395. The zero-order valence-corrected chi connectivity index (χ0v) is 6.16. The summed E-state index contributed by atoms with van der Waals surface area (Å²) in [6.45, 7) is 0.846. The van der Waals surface area contributed by atoms with Crippen molar-refractivity contribution < 1.29 is 4.74 Å². The second-order valence-corrected chi connectivity index (χ2v) is 3.31. The molecule has 1 saturated heterocycles. The highest BCUT2D eigenvalue weighted by molar-refractivity contribution is 5.46. The number of nitrogens with two attached hydrogens (primary N) is 1. The Morgan fingerprint density at radius 1 is 1.64 bits per heavy atom. The van der Waals surface area contributed by atoms with E-state index in [0.717, 1.165) is 13.0 Å². The van der Waals surface area contributed by atoms with Gasteiger partial charge in [-0.3, -0.25) is 0 Å². The first-order chi connectivity index (χ1) is 5.34. The van der Waals surface area contributed by atoms with Crippen LogP contribution in [-0.4, -0.2) is 23.8 Å². The number of hydrogen-bond donors (Lipinski definition) is 1. The molecule has 0 radical (unpaired) electrons. The third-order valence-electron chi connectivity index (χ3n) is 2.53. The van der Waals surface area contributed by atoms with Gasteiger partial charge in [0, 0.05) is 18.2 Å². The summed E-state index contributed by atoms with van der Waals surface area (Å²) in [5.74, 6) is 5.63. The molecule has 0 bridgehead atoms. The van der Waals surface area contributed by atoms with Gasteiger partial charge in [0.15, 0.2) is 0 Å². The van der Waals surface area contributed by atoms with E-state index in [2.05, 4.69) is 6.08 Å². The van der Waals surface area contributed by atoms with Gasteiger partial charge in [0.05, 0.1) is 12.6 Å². The highest BCUT2D eigenvalue weighted by Gasteiger charge is 2.50. The highest BCUT2D eigenvalue weighted by Crippen LogP contribution is 2.46. The Labute approximate surface area is 65.1 Å². The zero-order chi connectivity index (χ0) is 7.42. The molecule has 11 heavy (non-hydrogen) atoms. The van der Waals surface area contributed by atoms with Crippen LogP contribution in [0.5, 0.6) is 0 Å². The van der Waals surface area contributed by atoms with Gasteiger partial charge in [-0.25, -0.2) is 5.84 Å². The molecule has 1 saturated carbocycles. The normalized spacial score (nSPS) is 39.2. The van der Waals surface area contributed by atoms with E-state index in [1.807, 2.05) is 6.20 Å². The first-order valence-electron chi connectivity index (χ1n) is 3.92. The second kappa shape index (κ2) is 1.68. The molecule has 0 aromatic heterocycles. The molecule has 2 fully saturated rings. The largest absolute Gasteiger partial charge is 0.364 e. The smallest absolute Gasteiger partial charge is 0.111 e. The Morgan fingerprint density at radius 2 is 2.55 bits per heavy atom. The molecular formula is C8H10N2O. The van der Waals surface area contributed by atoms with Gasteiger partial charge in [0.25, 0.3) is 0 Å². The molecule has 2 aliphatic heterocycles. The van der Waals surface area contributed by atoms with Crippen molar-refractivity contribution in [3.05, 3.63) is 23.4 Å². The molecule has 3 heteroatoms. The van der Waals surface area contributed by atoms with Crippen LogP contribution in [-0.2, 0) is 4.74 Å². The summed E-state index contributed by atoms with van der Waals surface area (Å²) in [4.78, 5) is 0. The van der Waals surface area contributed by atoms with Crippen LogP contribution in [0.2, 0.25) is 0 Å². The van der Waals surface area contributed by atoms with Gasteiger partial charge in [0.2, 0.25) is 0 Å². The van der Waals surface area contributed by atoms with Crippen LogP contribution in [0.15, 0.2) is 23.4 Å². The number of epoxide rings is 1. The van der Waals surface area contributed by atoms with E-state index in [1.54, 1.807) is 5.01 Å². The Bertz CT molecular complexity index is 269. The van der Waals surface area contributed by atoms with Gasteiger partial charge in [-0.05, 0) is 5.57 Å².